The number of aromatic nitrogens is 4. The summed E-state index contributed by atoms with van der Waals surface area (Å²) in [5.41, 5.74) is 9.34. The lowest BCUT2D eigenvalue weighted by Crippen LogP contribution is -2.24. The van der Waals surface area contributed by atoms with Crippen molar-refractivity contribution in [1.29, 1.82) is 0 Å². The second-order valence-corrected chi connectivity index (χ2v) is 13.5. The Morgan fingerprint density at radius 2 is 0.902 bits per heavy atom. The second-order valence-electron chi connectivity index (χ2n) is 13.5. The molecule has 0 radical (unpaired) electrons. The molecule has 0 N–H and O–H groups in total. The van der Waals surface area contributed by atoms with Gasteiger partial charge in [-0.15, -0.1) is 0 Å². The van der Waals surface area contributed by atoms with E-state index in [0.717, 1.165) is 40.7 Å². The molecule has 0 saturated carbocycles. The van der Waals surface area contributed by atoms with Gasteiger partial charge < -0.3 is 14.4 Å². The minimum atomic E-state index is 0.748. The van der Waals surface area contributed by atoms with Gasteiger partial charge in [0, 0.05) is 63.1 Å². The van der Waals surface area contributed by atoms with Crippen LogP contribution in [-0.4, -0.2) is 37.3 Å². The van der Waals surface area contributed by atoms with E-state index in [1.54, 1.807) is 0 Å². The maximum absolute atomic E-state index is 4.77. The quantitative estimate of drug-likeness (QED) is 0.189. The molecule has 51 heavy (non-hydrogen) atoms. The van der Waals surface area contributed by atoms with Crippen LogP contribution >= 0.6 is 0 Å². The molecule has 1 aliphatic rings. The van der Waals surface area contributed by atoms with Crippen LogP contribution in [0.25, 0.3) is 82.7 Å². The summed E-state index contributed by atoms with van der Waals surface area (Å²) in [7, 11) is 2.18. The zero-order chi connectivity index (χ0) is 33.6. The summed E-state index contributed by atoms with van der Waals surface area (Å²) in [6, 6.07) is 54.6. The van der Waals surface area contributed by atoms with Crippen molar-refractivity contribution in [2.45, 2.75) is 0 Å². The number of pyridine rings is 1. The molecule has 1 aliphatic heterocycles. The number of fused-ring (bicyclic) bond motifs is 9. The van der Waals surface area contributed by atoms with Crippen LogP contribution < -0.4 is 4.90 Å². The topological polar surface area (TPSA) is 34.2 Å². The summed E-state index contributed by atoms with van der Waals surface area (Å²) in [6.45, 7) is 0.748. The molecule has 11 rings (SSSR count). The lowest BCUT2D eigenvalue weighted by Gasteiger charge is -2.20. The molecule has 0 fully saturated rings. The first kappa shape index (κ1) is 28.1. The molecule has 0 aliphatic carbocycles. The third-order valence-electron chi connectivity index (χ3n) is 10.6. The van der Waals surface area contributed by atoms with E-state index in [2.05, 4.69) is 182 Å². The molecular weight excluding hydrogens is 625 g/mol. The van der Waals surface area contributed by atoms with Crippen molar-refractivity contribution in [3.8, 4) is 11.5 Å². The summed E-state index contributed by atoms with van der Waals surface area (Å²) >= 11 is 0. The Balaban J connectivity index is 1.11. The van der Waals surface area contributed by atoms with Crippen molar-refractivity contribution in [2.24, 2.45) is 0 Å². The summed E-state index contributed by atoms with van der Waals surface area (Å²) in [5, 5.41) is 7.45. The van der Waals surface area contributed by atoms with Crippen LogP contribution in [0, 0.1) is 0 Å². The number of para-hydroxylation sites is 4. The molecule has 0 unspecified atom stereocenters. The third-order valence-corrected chi connectivity index (χ3v) is 10.6. The Kier molecular flexibility index (Phi) is 5.84. The van der Waals surface area contributed by atoms with Gasteiger partial charge in [-0.05, 0) is 60.7 Å². The molecule has 0 spiro atoms. The third kappa shape index (κ3) is 4.01. The first-order valence-corrected chi connectivity index (χ1v) is 17.4. The van der Waals surface area contributed by atoms with E-state index in [0.29, 0.717) is 0 Å². The monoisotopic (exact) mass is 656 g/mol. The van der Waals surface area contributed by atoms with Gasteiger partial charge in [0.25, 0.3) is 0 Å². The standard InChI is InChI=1S/C45H32N6/c1-47-29-48(28-45(47)51-40-18-8-4-12-32(40)33-13-5-9-19-41(33)51)30-21-23-36-34-14-2-6-16-38(34)49(42(36)26-30)31-22-24-37-35-15-3-7-17-39(35)50(43(37)27-31)44-20-10-11-25-46-44/h2-28H,29H2,1H3. The summed E-state index contributed by atoms with van der Waals surface area (Å²) in [4.78, 5) is 9.47. The smallest absolute Gasteiger partial charge is 0.137 e. The highest BCUT2D eigenvalue weighted by atomic mass is 15.4. The molecule has 0 atom stereocenters. The Bertz CT molecular complexity index is 2980. The van der Waals surface area contributed by atoms with E-state index in [9.17, 15) is 0 Å². The van der Waals surface area contributed by atoms with Crippen molar-refractivity contribution in [3.63, 3.8) is 0 Å². The minimum Gasteiger partial charge on any atom is -0.341 e. The van der Waals surface area contributed by atoms with Crippen LogP contribution in [0.5, 0.6) is 0 Å². The van der Waals surface area contributed by atoms with Crippen LogP contribution in [0.2, 0.25) is 0 Å². The van der Waals surface area contributed by atoms with Gasteiger partial charge in [0.15, 0.2) is 0 Å². The average Bonchev–Trinajstić information content (AvgIpc) is 3.92. The van der Waals surface area contributed by atoms with Crippen molar-refractivity contribution in [3.05, 3.63) is 164 Å². The number of hydrogen-bond donors (Lipinski definition) is 0. The number of benzene rings is 6. The van der Waals surface area contributed by atoms with Gasteiger partial charge in [0.05, 0.1) is 39.8 Å². The summed E-state index contributed by atoms with van der Waals surface area (Å²) in [6.07, 6.45) is 4.16. The Hall–Kier alpha value is -6.79. The molecule has 6 heteroatoms. The maximum Gasteiger partial charge on any atom is 0.137 e. The van der Waals surface area contributed by atoms with Gasteiger partial charge in [-0.1, -0.05) is 91.0 Å². The van der Waals surface area contributed by atoms with Gasteiger partial charge in [-0.2, -0.15) is 0 Å². The van der Waals surface area contributed by atoms with Gasteiger partial charge in [-0.25, -0.2) is 4.98 Å². The van der Waals surface area contributed by atoms with E-state index in [-0.39, 0.29) is 0 Å². The van der Waals surface area contributed by atoms with Gasteiger partial charge in [-0.3, -0.25) is 9.13 Å². The molecule has 0 amide bonds. The molecule has 4 aromatic heterocycles. The zero-order valence-corrected chi connectivity index (χ0v) is 28.0. The van der Waals surface area contributed by atoms with Crippen molar-refractivity contribution in [1.82, 2.24) is 23.6 Å². The van der Waals surface area contributed by atoms with Crippen molar-refractivity contribution in [2.75, 3.05) is 18.6 Å². The normalized spacial score (nSPS) is 13.5. The van der Waals surface area contributed by atoms with E-state index in [1.165, 1.54) is 54.4 Å². The van der Waals surface area contributed by atoms with Gasteiger partial charge >= 0.3 is 0 Å². The number of anilines is 1. The molecule has 0 bridgehead atoms. The first-order valence-electron chi connectivity index (χ1n) is 17.4. The highest BCUT2D eigenvalue weighted by molar-refractivity contribution is 6.13. The highest BCUT2D eigenvalue weighted by Crippen LogP contribution is 2.39. The van der Waals surface area contributed by atoms with Gasteiger partial charge in [0.1, 0.15) is 11.6 Å². The fourth-order valence-corrected chi connectivity index (χ4v) is 8.38. The molecular formula is C45H32N6. The Labute approximate surface area is 293 Å². The molecule has 6 nitrogen and oxygen atoms in total. The first-order chi connectivity index (χ1) is 25.2. The minimum absolute atomic E-state index is 0.748. The van der Waals surface area contributed by atoms with E-state index >= 15 is 0 Å². The summed E-state index contributed by atoms with van der Waals surface area (Å²) < 4.78 is 7.11. The van der Waals surface area contributed by atoms with Gasteiger partial charge in [0.2, 0.25) is 0 Å². The summed E-state index contributed by atoms with van der Waals surface area (Å²) in [5.74, 6) is 2.06. The lowest BCUT2D eigenvalue weighted by molar-refractivity contribution is 0.498. The molecule has 242 valence electrons. The van der Waals surface area contributed by atoms with E-state index < -0.39 is 0 Å². The van der Waals surface area contributed by atoms with Crippen molar-refractivity contribution >= 4 is 76.9 Å². The molecule has 10 aromatic rings. The van der Waals surface area contributed by atoms with Crippen LogP contribution in [-0.2, 0) is 0 Å². The number of hydrogen-bond acceptors (Lipinski definition) is 3. The number of nitrogens with zero attached hydrogens (tertiary/aromatic N) is 6. The number of rotatable bonds is 4. The fourth-order valence-electron chi connectivity index (χ4n) is 8.38. The van der Waals surface area contributed by atoms with Crippen LogP contribution in [0.15, 0.2) is 164 Å². The Morgan fingerprint density at radius 3 is 1.49 bits per heavy atom. The molecule has 6 aromatic carbocycles. The maximum atomic E-state index is 4.77. The largest absolute Gasteiger partial charge is 0.341 e. The van der Waals surface area contributed by atoms with Crippen LogP contribution in [0.1, 0.15) is 0 Å². The highest BCUT2D eigenvalue weighted by Gasteiger charge is 2.25. The lowest BCUT2D eigenvalue weighted by atomic mass is 10.1. The van der Waals surface area contributed by atoms with E-state index in [4.69, 9.17) is 4.98 Å². The van der Waals surface area contributed by atoms with Crippen LogP contribution in [0.4, 0.5) is 5.69 Å². The Morgan fingerprint density at radius 1 is 0.431 bits per heavy atom. The van der Waals surface area contributed by atoms with E-state index in [1.807, 2.05) is 12.3 Å². The molecule has 0 saturated heterocycles. The predicted molar refractivity (Wildman–Crippen MR) is 212 cm³/mol. The predicted octanol–water partition coefficient (Wildman–Crippen LogP) is 10.5. The SMILES string of the molecule is CN1CN(c2ccc3c4ccccc4n(-c4ccc5c6ccccc6n(-c6ccccn6)c5c4)c3c2)C=C1n1c2ccccc2c2ccccc21. The molecule has 5 heterocycles. The zero-order valence-electron chi connectivity index (χ0n) is 28.0. The van der Waals surface area contributed by atoms with Crippen molar-refractivity contribution < 1.29 is 0 Å². The fraction of sp³-hybridized carbons (Fsp3) is 0.0444. The second kappa shape index (κ2) is 10.6. The van der Waals surface area contributed by atoms with Crippen LogP contribution in [0.3, 0.4) is 0 Å². The average molecular weight is 657 g/mol.